The lowest BCUT2D eigenvalue weighted by atomic mass is 10.0. The van der Waals surface area contributed by atoms with Crippen LogP contribution in [0.25, 0.3) is 0 Å². The van der Waals surface area contributed by atoms with Gasteiger partial charge >= 0.3 is 0 Å². The van der Waals surface area contributed by atoms with Crippen molar-refractivity contribution in [3.05, 3.63) is 22.8 Å². The van der Waals surface area contributed by atoms with Crippen molar-refractivity contribution >= 4 is 37.7 Å². The normalized spacial score (nSPS) is 33.1. The molecule has 2 unspecified atom stereocenters. The number of alkyl halides is 1. The van der Waals surface area contributed by atoms with Gasteiger partial charge in [0.1, 0.15) is 5.82 Å². The van der Waals surface area contributed by atoms with Crippen LogP contribution in [0.4, 0.5) is 5.82 Å². The Kier molecular flexibility index (Phi) is 2.96. The van der Waals surface area contributed by atoms with Gasteiger partial charge in [-0.1, -0.05) is 15.9 Å². The molecule has 2 aliphatic heterocycles. The molecular formula is C12H14Br2N2. The number of rotatable bonds is 1. The van der Waals surface area contributed by atoms with Gasteiger partial charge < -0.3 is 4.90 Å². The van der Waals surface area contributed by atoms with Gasteiger partial charge in [0.2, 0.25) is 0 Å². The number of pyridine rings is 1. The van der Waals surface area contributed by atoms with Crippen molar-refractivity contribution in [1.82, 2.24) is 4.98 Å². The molecule has 0 spiro atoms. The summed E-state index contributed by atoms with van der Waals surface area (Å²) in [5, 5.41) is 0. The average Bonchev–Trinajstić information content (AvgIpc) is 2.53. The molecule has 1 aromatic rings. The van der Waals surface area contributed by atoms with E-state index in [1.807, 2.05) is 12.3 Å². The minimum Gasteiger partial charge on any atom is -0.350 e. The summed E-state index contributed by atoms with van der Waals surface area (Å²) in [5.41, 5.74) is 0. The molecule has 2 saturated heterocycles. The van der Waals surface area contributed by atoms with Gasteiger partial charge in [0.05, 0.1) is 4.47 Å². The van der Waals surface area contributed by atoms with Gasteiger partial charge in [0.15, 0.2) is 0 Å². The predicted molar refractivity (Wildman–Crippen MR) is 73.2 cm³/mol. The summed E-state index contributed by atoms with van der Waals surface area (Å²) >= 11 is 7.38. The second-order valence-electron chi connectivity index (χ2n) is 4.67. The smallest absolute Gasteiger partial charge is 0.143 e. The zero-order valence-corrected chi connectivity index (χ0v) is 12.1. The van der Waals surface area contributed by atoms with E-state index in [1.165, 1.54) is 25.7 Å². The molecule has 0 N–H and O–H groups in total. The van der Waals surface area contributed by atoms with Crippen LogP contribution in [0, 0.1) is 0 Å². The Morgan fingerprint density at radius 2 is 1.94 bits per heavy atom. The van der Waals surface area contributed by atoms with Crippen LogP contribution < -0.4 is 4.90 Å². The first-order valence-electron chi connectivity index (χ1n) is 5.78. The van der Waals surface area contributed by atoms with Crippen LogP contribution in [0.5, 0.6) is 0 Å². The summed E-state index contributed by atoms with van der Waals surface area (Å²) in [5.74, 6) is 1.13. The van der Waals surface area contributed by atoms with Crippen LogP contribution in [0.2, 0.25) is 0 Å². The van der Waals surface area contributed by atoms with Crippen molar-refractivity contribution in [3.8, 4) is 0 Å². The number of piperidine rings is 1. The summed E-state index contributed by atoms with van der Waals surface area (Å²) in [6, 6.07) is 5.41. The Bertz CT molecular complexity index is 382. The minimum absolute atomic E-state index is 0.675. The number of fused-ring (bicyclic) bond motifs is 2. The molecule has 3 heterocycles. The Morgan fingerprint density at radius 1 is 1.25 bits per heavy atom. The summed E-state index contributed by atoms with van der Waals surface area (Å²) < 4.78 is 1.12. The number of hydrogen-bond donors (Lipinski definition) is 0. The van der Waals surface area contributed by atoms with Crippen molar-refractivity contribution in [2.24, 2.45) is 0 Å². The summed E-state index contributed by atoms with van der Waals surface area (Å²) in [4.78, 5) is 7.76. The van der Waals surface area contributed by atoms with Crippen molar-refractivity contribution in [1.29, 1.82) is 0 Å². The number of hydrogen-bond acceptors (Lipinski definition) is 2. The van der Waals surface area contributed by atoms with E-state index in [2.05, 4.69) is 47.8 Å². The SMILES string of the molecule is Brc1cccnc1N1C2CCC1CC(Br)C2. The molecule has 86 valence electrons. The lowest BCUT2D eigenvalue weighted by Gasteiger charge is -2.38. The average molecular weight is 346 g/mol. The van der Waals surface area contributed by atoms with Crippen molar-refractivity contribution < 1.29 is 0 Å². The Balaban J connectivity index is 1.94. The molecule has 0 aromatic carbocycles. The third-order valence-corrected chi connectivity index (χ3v) is 5.03. The lowest BCUT2D eigenvalue weighted by molar-refractivity contribution is 0.479. The fourth-order valence-corrected chi connectivity index (χ4v) is 4.35. The maximum absolute atomic E-state index is 4.53. The van der Waals surface area contributed by atoms with E-state index in [0.717, 1.165) is 10.3 Å². The molecule has 2 atom stereocenters. The zero-order chi connectivity index (χ0) is 11.1. The molecule has 4 heteroatoms. The number of halogens is 2. The second kappa shape index (κ2) is 4.30. The van der Waals surface area contributed by atoms with Crippen LogP contribution in [-0.4, -0.2) is 21.9 Å². The summed E-state index contributed by atoms with van der Waals surface area (Å²) in [7, 11) is 0. The number of anilines is 1. The molecule has 3 rings (SSSR count). The van der Waals surface area contributed by atoms with Crippen LogP contribution in [-0.2, 0) is 0 Å². The van der Waals surface area contributed by atoms with Crippen LogP contribution >= 0.6 is 31.9 Å². The standard InChI is InChI=1S/C12H14Br2N2/c13-8-6-9-3-4-10(7-8)16(9)12-11(14)2-1-5-15-12/h1-2,5,8-10H,3-4,6-7H2. The number of aromatic nitrogens is 1. The molecule has 2 bridgehead atoms. The fourth-order valence-electron chi connectivity index (χ4n) is 3.02. The first-order valence-corrected chi connectivity index (χ1v) is 7.49. The van der Waals surface area contributed by atoms with Crippen molar-refractivity contribution in [3.63, 3.8) is 0 Å². The lowest BCUT2D eigenvalue weighted by Crippen LogP contribution is -2.43. The van der Waals surface area contributed by atoms with E-state index in [9.17, 15) is 0 Å². The van der Waals surface area contributed by atoms with E-state index in [0.29, 0.717) is 16.9 Å². The van der Waals surface area contributed by atoms with E-state index in [4.69, 9.17) is 0 Å². The Labute approximate surface area is 113 Å². The molecule has 0 amide bonds. The highest BCUT2D eigenvalue weighted by Crippen LogP contribution is 2.42. The maximum Gasteiger partial charge on any atom is 0.143 e. The summed E-state index contributed by atoms with van der Waals surface area (Å²) in [6.07, 6.45) is 7.02. The highest BCUT2D eigenvalue weighted by Gasteiger charge is 2.41. The monoisotopic (exact) mass is 344 g/mol. The fraction of sp³-hybridized carbons (Fsp3) is 0.583. The van der Waals surface area contributed by atoms with Crippen LogP contribution in [0.3, 0.4) is 0 Å². The van der Waals surface area contributed by atoms with E-state index in [1.54, 1.807) is 0 Å². The predicted octanol–water partition coefficient (Wildman–Crippen LogP) is 3.74. The minimum atomic E-state index is 0.675. The Morgan fingerprint density at radius 3 is 2.56 bits per heavy atom. The van der Waals surface area contributed by atoms with Gasteiger partial charge in [-0.05, 0) is 53.7 Å². The van der Waals surface area contributed by atoms with Gasteiger partial charge in [0.25, 0.3) is 0 Å². The molecule has 1 aromatic heterocycles. The molecule has 2 nitrogen and oxygen atoms in total. The molecule has 0 aliphatic carbocycles. The molecule has 16 heavy (non-hydrogen) atoms. The van der Waals surface area contributed by atoms with Gasteiger partial charge in [-0.3, -0.25) is 0 Å². The quantitative estimate of drug-likeness (QED) is 0.721. The van der Waals surface area contributed by atoms with Gasteiger partial charge in [-0.15, -0.1) is 0 Å². The molecule has 0 radical (unpaired) electrons. The molecular weight excluding hydrogens is 332 g/mol. The highest BCUT2D eigenvalue weighted by atomic mass is 79.9. The van der Waals surface area contributed by atoms with E-state index >= 15 is 0 Å². The van der Waals surface area contributed by atoms with E-state index in [-0.39, 0.29) is 0 Å². The first-order chi connectivity index (χ1) is 7.75. The zero-order valence-electron chi connectivity index (χ0n) is 8.94. The molecule has 0 saturated carbocycles. The molecule has 2 aliphatic rings. The third kappa shape index (κ3) is 1.80. The van der Waals surface area contributed by atoms with Crippen LogP contribution in [0.1, 0.15) is 25.7 Å². The molecule has 2 fully saturated rings. The third-order valence-electron chi connectivity index (χ3n) is 3.66. The van der Waals surface area contributed by atoms with Gasteiger partial charge in [0, 0.05) is 23.1 Å². The van der Waals surface area contributed by atoms with Crippen LogP contribution in [0.15, 0.2) is 22.8 Å². The summed E-state index contributed by atoms with van der Waals surface area (Å²) in [6.45, 7) is 0. The van der Waals surface area contributed by atoms with Gasteiger partial charge in [-0.25, -0.2) is 4.98 Å². The highest BCUT2D eigenvalue weighted by molar-refractivity contribution is 9.10. The number of nitrogens with zero attached hydrogens (tertiary/aromatic N) is 2. The first kappa shape index (κ1) is 11.0. The topological polar surface area (TPSA) is 16.1 Å². The maximum atomic E-state index is 4.53. The van der Waals surface area contributed by atoms with Crippen molar-refractivity contribution in [2.75, 3.05) is 4.90 Å². The van der Waals surface area contributed by atoms with E-state index < -0.39 is 0 Å². The van der Waals surface area contributed by atoms with Gasteiger partial charge in [-0.2, -0.15) is 0 Å². The largest absolute Gasteiger partial charge is 0.350 e. The Hall–Kier alpha value is -0.0900. The second-order valence-corrected chi connectivity index (χ2v) is 6.82. The van der Waals surface area contributed by atoms with Crippen molar-refractivity contribution in [2.45, 2.75) is 42.6 Å².